The zero-order valence-electron chi connectivity index (χ0n) is 9.90. The monoisotopic (exact) mass is 259 g/mol. The maximum absolute atomic E-state index is 11.9. The molecule has 100 valence electrons. The number of hydrogen-bond donors (Lipinski definition) is 2. The third kappa shape index (κ3) is 5.09. The molecule has 1 aromatic carbocycles. The number of nitrogens with one attached hydrogen (secondary N) is 1. The smallest absolute Gasteiger partial charge is 0.387 e. The summed E-state index contributed by atoms with van der Waals surface area (Å²) in [5.74, 6) is -0.762. The lowest BCUT2D eigenvalue weighted by atomic mass is 10.1. The molecule has 6 heteroatoms. The summed E-state index contributed by atoms with van der Waals surface area (Å²) in [6.07, 6.45) is 0.0386. The van der Waals surface area contributed by atoms with Gasteiger partial charge in [0.25, 0.3) is 0 Å². The standard InChI is InChI=1S/C12H15F2NO3/c1-8(15-7-6-11(16)17)9-2-4-10(5-3-9)18-12(13)14/h2-5,8,12,15H,6-7H2,1H3,(H,16,17). The van der Waals surface area contributed by atoms with E-state index in [-0.39, 0.29) is 18.2 Å². The van der Waals surface area contributed by atoms with Crippen LogP contribution in [0.2, 0.25) is 0 Å². The third-order valence-corrected chi connectivity index (χ3v) is 2.39. The van der Waals surface area contributed by atoms with Gasteiger partial charge in [-0.05, 0) is 24.6 Å². The number of ether oxygens (including phenoxy) is 1. The number of alkyl halides is 2. The van der Waals surface area contributed by atoms with Gasteiger partial charge >= 0.3 is 12.6 Å². The van der Waals surface area contributed by atoms with E-state index in [1.807, 2.05) is 6.92 Å². The van der Waals surface area contributed by atoms with Crippen LogP contribution in [0.3, 0.4) is 0 Å². The zero-order chi connectivity index (χ0) is 13.5. The molecule has 0 amide bonds. The highest BCUT2D eigenvalue weighted by molar-refractivity contribution is 5.66. The Hall–Kier alpha value is -1.69. The van der Waals surface area contributed by atoms with Crippen LogP contribution >= 0.6 is 0 Å². The van der Waals surface area contributed by atoms with Crippen molar-refractivity contribution in [3.05, 3.63) is 29.8 Å². The lowest BCUT2D eigenvalue weighted by Gasteiger charge is -2.14. The maximum atomic E-state index is 11.9. The highest BCUT2D eigenvalue weighted by atomic mass is 19.3. The Kier molecular flexibility index (Phi) is 5.51. The molecule has 1 aromatic rings. The summed E-state index contributed by atoms with van der Waals surface area (Å²) in [7, 11) is 0. The molecule has 4 nitrogen and oxygen atoms in total. The van der Waals surface area contributed by atoms with Gasteiger partial charge in [0.15, 0.2) is 0 Å². The highest BCUT2D eigenvalue weighted by Gasteiger charge is 2.07. The summed E-state index contributed by atoms with van der Waals surface area (Å²) in [6.45, 7) is -0.613. The van der Waals surface area contributed by atoms with Crippen molar-refractivity contribution in [2.24, 2.45) is 0 Å². The molecular weight excluding hydrogens is 244 g/mol. The van der Waals surface area contributed by atoms with Crippen LogP contribution in [-0.2, 0) is 4.79 Å². The van der Waals surface area contributed by atoms with Crippen LogP contribution in [0, 0.1) is 0 Å². The normalized spacial score (nSPS) is 12.4. The van der Waals surface area contributed by atoms with Gasteiger partial charge in [-0.25, -0.2) is 0 Å². The molecule has 0 aliphatic rings. The minimum atomic E-state index is -2.83. The molecule has 0 fully saturated rings. The Bertz CT molecular complexity index is 381. The van der Waals surface area contributed by atoms with Gasteiger partial charge in [-0.3, -0.25) is 4.79 Å². The van der Waals surface area contributed by atoms with E-state index in [1.54, 1.807) is 12.1 Å². The average Bonchev–Trinajstić information content (AvgIpc) is 2.28. The van der Waals surface area contributed by atoms with E-state index >= 15 is 0 Å². The largest absolute Gasteiger partial charge is 0.481 e. The second-order valence-corrected chi connectivity index (χ2v) is 3.77. The third-order valence-electron chi connectivity index (χ3n) is 2.39. The number of rotatable bonds is 7. The van der Waals surface area contributed by atoms with Crippen molar-refractivity contribution in [3.63, 3.8) is 0 Å². The van der Waals surface area contributed by atoms with Gasteiger partial charge in [-0.15, -0.1) is 0 Å². The van der Waals surface area contributed by atoms with Crippen molar-refractivity contribution in [1.82, 2.24) is 5.32 Å². The van der Waals surface area contributed by atoms with Gasteiger partial charge in [0.05, 0.1) is 6.42 Å². The van der Waals surface area contributed by atoms with E-state index in [4.69, 9.17) is 5.11 Å². The van der Waals surface area contributed by atoms with Crippen LogP contribution in [0.15, 0.2) is 24.3 Å². The Morgan fingerprint density at radius 3 is 2.50 bits per heavy atom. The topological polar surface area (TPSA) is 58.6 Å². The van der Waals surface area contributed by atoms with E-state index in [0.29, 0.717) is 6.54 Å². The summed E-state index contributed by atoms with van der Waals surface area (Å²) < 4.78 is 28.1. The Balaban J connectivity index is 2.48. The SMILES string of the molecule is CC(NCCC(=O)O)c1ccc(OC(F)F)cc1. The first-order chi connectivity index (χ1) is 8.49. The first-order valence-corrected chi connectivity index (χ1v) is 5.49. The van der Waals surface area contributed by atoms with Crippen LogP contribution in [-0.4, -0.2) is 24.2 Å². The molecule has 1 unspecified atom stereocenters. The fraction of sp³-hybridized carbons (Fsp3) is 0.417. The Labute approximate surface area is 104 Å². The van der Waals surface area contributed by atoms with Gasteiger partial charge in [-0.1, -0.05) is 12.1 Å². The first kappa shape index (κ1) is 14.4. The predicted octanol–water partition coefficient (Wildman–Crippen LogP) is 2.41. The zero-order valence-corrected chi connectivity index (χ0v) is 9.90. The average molecular weight is 259 g/mol. The van der Waals surface area contributed by atoms with E-state index in [1.165, 1.54) is 12.1 Å². The number of halogens is 2. The molecule has 0 aromatic heterocycles. The van der Waals surface area contributed by atoms with Crippen LogP contribution < -0.4 is 10.1 Å². The molecule has 0 aliphatic carbocycles. The molecule has 0 heterocycles. The molecule has 1 rings (SSSR count). The van der Waals surface area contributed by atoms with Crippen LogP contribution in [0.1, 0.15) is 24.9 Å². The Morgan fingerprint density at radius 2 is 2.00 bits per heavy atom. The van der Waals surface area contributed by atoms with E-state index in [2.05, 4.69) is 10.1 Å². The molecule has 2 N–H and O–H groups in total. The summed E-state index contributed by atoms with van der Waals surface area (Å²) in [4.78, 5) is 10.3. The van der Waals surface area contributed by atoms with Gasteiger partial charge < -0.3 is 15.2 Å². The van der Waals surface area contributed by atoms with Crippen molar-refractivity contribution < 1.29 is 23.4 Å². The van der Waals surface area contributed by atoms with Crippen molar-refractivity contribution >= 4 is 5.97 Å². The molecule has 0 saturated heterocycles. The summed E-state index contributed by atoms with van der Waals surface area (Å²) in [6, 6.07) is 6.19. The van der Waals surface area contributed by atoms with E-state index in [0.717, 1.165) is 5.56 Å². The fourth-order valence-corrected chi connectivity index (χ4v) is 1.45. The summed E-state index contributed by atoms with van der Waals surface area (Å²) >= 11 is 0. The van der Waals surface area contributed by atoms with Crippen LogP contribution in [0.4, 0.5) is 8.78 Å². The number of benzene rings is 1. The number of carboxylic acid groups (broad SMARTS) is 1. The molecule has 0 spiro atoms. The second kappa shape index (κ2) is 6.90. The van der Waals surface area contributed by atoms with Crippen molar-refractivity contribution in [2.45, 2.75) is 26.0 Å². The highest BCUT2D eigenvalue weighted by Crippen LogP contribution is 2.18. The molecule has 1 atom stereocenters. The van der Waals surface area contributed by atoms with Gasteiger partial charge in [0, 0.05) is 12.6 Å². The minimum Gasteiger partial charge on any atom is -0.481 e. The number of aliphatic carboxylic acids is 1. The van der Waals surface area contributed by atoms with Crippen molar-refractivity contribution in [2.75, 3.05) is 6.54 Å². The molecule has 0 radical (unpaired) electrons. The number of carboxylic acids is 1. The van der Waals surface area contributed by atoms with Gasteiger partial charge in [0.1, 0.15) is 5.75 Å². The van der Waals surface area contributed by atoms with Crippen LogP contribution in [0.5, 0.6) is 5.75 Å². The quantitative estimate of drug-likeness (QED) is 0.789. The second-order valence-electron chi connectivity index (χ2n) is 3.77. The molecule has 18 heavy (non-hydrogen) atoms. The molecule has 0 saturated carbocycles. The lowest BCUT2D eigenvalue weighted by Crippen LogP contribution is -2.21. The lowest BCUT2D eigenvalue weighted by molar-refractivity contribution is -0.136. The maximum Gasteiger partial charge on any atom is 0.387 e. The molecular formula is C12H15F2NO3. The van der Waals surface area contributed by atoms with Gasteiger partial charge in [0.2, 0.25) is 0 Å². The van der Waals surface area contributed by atoms with Crippen molar-refractivity contribution in [3.8, 4) is 5.75 Å². The first-order valence-electron chi connectivity index (χ1n) is 5.49. The predicted molar refractivity (Wildman–Crippen MR) is 61.7 cm³/mol. The Morgan fingerprint density at radius 1 is 1.39 bits per heavy atom. The number of hydrogen-bond acceptors (Lipinski definition) is 3. The number of carbonyl (C=O) groups is 1. The fourth-order valence-electron chi connectivity index (χ4n) is 1.45. The van der Waals surface area contributed by atoms with Gasteiger partial charge in [-0.2, -0.15) is 8.78 Å². The molecule has 0 bridgehead atoms. The van der Waals surface area contributed by atoms with E-state index < -0.39 is 12.6 Å². The summed E-state index contributed by atoms with van der Waals surface area (Å²) in [5.41, 5.74) is 0.877. The summed E-state index contributed by atoms with van der Waals surface area (Å²) in [5, 5.41) is 11.5. The van der Waals surface area contributed by atoms with E-state index in [9.17, 15) is 13.6 Å². The minimum absolute atomic E-state index is 0.0386. The van der Waals surface area contributed by atoms with Crippen molar-refractivity contribution in [1.29, 1.82) is 0 Å². The van der Waals surface area contributed by atoms with Crippen LogP contribution in [0.25, 0.3) is 0 Å². The molecule has 0 aliphatic heterocycles.